The van der Waals surface area contributed by atoms with E-state index in [0.717, 1.165) is 6.07 Å². The van der Waals surface area contributed by atoms with E-state index in [1.165, 1.54) is 78.9 Å². The Morgan fingerprint density at radius 3 is 1.27 bits per heavy atom. The van der Waals surface area contributed by atoms with Gasteiger partial charge in [-0.2, -0.15) is 0 Å². The van der Waals surface area contributed by atoms with Crippen molar-refractivity contribution in [1.29, 1.82) is 0 Å². The molecule has 0 fully saturated rings. The molecule has 0 aliphatic rings. The summed E-state index contributed by atoms with van der Waals surface area (Å²) in [5, 5.41) is 11.1. The minimum atomic E-state index is -4.23. The van der Waals surface area contributed by atoms with Gasteiger partial charge < -0.3 is 5.11 Å². The fourth-order valence-electron chi connectivity index (χ4n) is 4.12. The third-order valence-corrected chi connectivity index (χ3v) is 10.2. The molecule has 0 saturated carbocycles. The molecule has 210 valence electrons. The molecule has 5 aromatic rings. The summed E-state index contributed by atoms with van der Waals surface area (Å²) < 4.78 is 86.3. The number of aromatic hydroxyl groups is 1. The molecule has 0 heterocycles. The minimum Gasteiger partial charge on any atom is -0.505 e. The number of sulfonamides is 3. The number of rotatable bonds is 9. The average molecular weight is 610 g/mol. The molecule has 0 unspecified atom stereocenters. The summed E-state index contributed by atoms with van der Waals surface area (Å²) in [5.74, 6) is -0.539. The molecule has 5 aromatic carbocycles. The first-order valence-electron chi connectivity index (χ1n) is 12.0. The molecule has 13 heteroatoms. The monoisotopic (exact) mass is 609 g/mol. The molecule has 0 aliphatic carbocycles. The van der Waals surface area contributed by atoms with Crippen LogP contribution >= 0.6 is 0 Å². The van der Waals surface area contributed by atoms with E-state index in [1.54, 1.807) is 30.3 Å². The molecular weight excluding hydrogens is 587 g/mol. The molecule has 4 N–H and O–H groups in total. The van der Waals surface area contributed by atoms with Crippen LogP contribution in [0.1, 0.15) is 0 Å². The van der Waals surface area contributed by atoms with Crippen molar-refractivity contribution in [2.45, 2.75) is 14.7 Å². The lowest BCUT2D eigenvalue weighted by Crippen LogP contribution is -2.17. The Morgan fingerprint density at radius 1 is 0.439 bits per heavy atom. The van der Waals surface area contributed by atoms with Crippen LogP contribution in [-0.2, 0) is 30.1 Å². The SMILES string of the molecule is O=S(=O)(Nc1cc(NS(=O)(=O)c2ccccc2)c2c(NS(=O)(=O)c3ccccc3)cccc2c1O)c1ccccc1. The van der Waals surface area contributed by atoms with Crippen LogP contribution in [0.15, 0.2) is 130 Å². The molecule has 0 aromatic heterocycles. The third kappa shape index (κ3) is 5.82. The molecule has 0 aliphatic heterocycles. The Morgan fingerprint density at radius 2 is 0.829 bits per heavy atom. The molecular formula is C28H23N3O7S3. The summed E-state index contributed by atoms with van der Waals surface area (Å²) >= 11 is 0. The number of anilines is 3. The number of hydrogen-bond acceptors (Lipinski definition) is 7. The van der Waals surface area contributed by atoms with E-state index in [1.807, 2.05) is 0 Å². The number of fused-ring (bicyclic) bond motifs is 1. The zero-order valence-corrected chi connectivity index (χ0v) is 23.5. The van der Waals surface area contributed by atoms with Crippen molar-refractivity contribution >= 4 is 57.9 Å². The van der Waals surface area contributed by atoms with Crippen LogP contribution < -0.4 is 14.2 Å². The lowest BCUT2D eigenvalue weighted by Gasteiger charge is -2.19. The standard InChI is InChI=1S/C28H23N3O7S3/c32-28-23-17-10-18-24(29-39(33,34)20-11-4-1-5-12-20)27(23)25(30-40(35,36)21-13-6-2-7-14-21)19-26(28)31-41(37,38)22-15-8-3-9-16-22/h1-19,29-32H. The van der Waals surface area contributed by atoms with Crippen molar-refractivity contribution in [2.24, 2.45) is 0 Å². The topological polar surface area (TPSA) is 159 Å². The van der Waals surface area contributed by atoms with E-state index in [2.05, 4.69) is 14.2 Å². The molecule has 0 amide bonds. The molecule has 0 spiro atoms. The normalized spacial score (nSPS) is 12.1. The van der Waals surface area contributed by atoms with E-state index in [0.29, 0.717) is 0 Å². The van der Waals surface area contributed by atoms with Gasteiger partial charge in [0.15, 0.2) is 0 Å². The van der Waals surface area contributed by atoms with Crippen LogP contribution in [0.2, 0.25) is 0 Å². The largest absolute Gasteiger partial charge is 0.505 e. The average Bonchev–Trinajstić information content (AvgIpc) is 2.96. The minimum absolute atomic E-state index is 0.00771. The fourth-order valence-corrected chi connectivity index (χ4v) is 7.38. The van der Waals surface area contributed by atoms with Gasteiger partial charge in [0, 0.05) is 10.8 Å². The van der Waals surface area contributed by atoms with Crippen molar-refractivity contribution < 1.29 is 30.4 Å². The van der Waals surface area contributed by atoms with Crippen molar-refractivity contribution in [3.8, 4) is 5.75 Å². The summed E-state index contributed by atoms with van der Waals surface area (Å²) in [5.41, 5.74) is -0.557. The lowest BCUT2D eigenvalue weighted by atomic mass is 10.0. The molecule has 0 saturated heterocycles. The highest BCUT2D eigenvalue weighted by molar-refractivity contribution is 7.93. The third-order valence-electron chi connectivity index (χ3n) is 6.03. The second-order valence-corrected chi connectivity index (χ2v) is 13.9. The number of nitrogens with one attached hydrogen (secondary N) is 3. The zero-order valence-electron chi connectivity index (χ0n) is 21.1. The summed E-state index contributed by atoms with van der Waals surface area (Å²) in [7, 11) is -12.5. The summed E-state index contributed by atoms with van der Waals surface area (Å²) in [6.07, 6.45) is 0. The second kappa shape index (κ2) is 10.8. The van der Waals surface area contributed by atoms with Gasteiger partial charge in [-0.3, -0.25) is 14.2 Å². The maximum absolute atomic E-state index is 13.3. The molecule has 10 nitrogen and oxygen atoms in total. The van der Waals surface area contributed by atoms with Gasteiger partial charge in [0.25, 0.3) is 30.1 Å². The molecule has 0 atom stereocenters. The predicted molar refractivity (Wildman–Crippen MR) is 157 cm³/mol. The van der Waals surface area contributed by atoms with Crippen LogP contribution in [0.3, 0.4) is 0 Å². The number of phenols is 1. The Bertz CT molecular complexity index is 2060. The molecule has 0 radical (unpaired) electrons. The first-order valence-corrected chi connectivity index (χ1v) is 16.5. The Labute approximate surface area is 237 Å². The van der Waals surface area contributed by atoms with Crippen LogP contribution in [0.5, 0.6) is 5.75 Å². The number of benzene rings is 5. The molecule has 0 bridgehead atoms. The lowest BCUT2D eigenvalue weighted by molar-refractivity contribution is 0.484. The fraction of sp³-hybridized carbons (Fsp3) is 0. The number of phenolic OH excluding ortho intramolecular Hbond substituents is 1. The van der Waals surface area contributed by atoms with Crippen molar-refractivity contribution in [1.82, 2.24) is 0 Å². The van der Waals surface area contributed by atoms with E-state index in [9.17, 15) is 30.4 Å². The maximum atomic E-state index is 13.3. The highest BCUT2D eigenvalue weighted by atomic mass is 32.2. The Kier molecular flexibility index (Phi) is 7.34. The van der Waals surface area contributed by atoms with Gasteiger partial charge in [0.2, 0.25) is 0 Å². The highest BCUT2D eigenvalue weighted by Gasteiger charge is 2.24. The maximum Gasteiger partial charge on any atom is 0.262 e. The van der Waals surface area contributed by atoms with Gasteiger partial charge >= 0.3 is 0 Å². The quantitative estimate of drug-likeness (QED) is 0.136. The van der Waals surface area contributed by atoms with Crippen molar-refractivity contribution in [3.63, 3.8) is 0 Å². The first-order chi connectivity index (χ1) is 19.5. The molecule has 41 heavy (non-hydrogen) atoms. The molecule has 5 rings (SSSR count). The van der Waals surface area contributed by atoms with Gasteiger partial charge in [0.1, 0.15) is 5.75 Å². The van der Waals surface area contributed by atoms with Crippen LogP contribution in [-0.4, -0.2) is 30.4 Å². The van der Waals surface area contributed by atoms with Crippen LogP contribution in [0, 0.1) is 0 Å². The summed E-state index contributed by atoms with van der Waals surface area (Å²) in [6, 6.07) is 27.7. The van der Waals surface area contributed by atoms with E-state index in [-0.39, 0.29) is 42.5 Å². The summed E-state index contributed by atoms with van der Waals surface area (Å²) in [6.45, 7) is 0. The van der Waals surface area contributed by atoms with E-state index < -0.39 is 35.8 Å². The van der Waals surface area contributed by atoms with Crippen LogP contribution in [0.4, 0.5) is 17.1 Å². The number of hydrogen-bond donors (Lipinski definition) is 4. The van der Waals surface area contributed by atoms with Gasteiger partial charge in [-0.15, -0.1) is 0 Å². The van der Waals surface area contributed by atoms with E-state index >= 15 is 0 Å². The van der Waals surface area contributed by atoms with Gasteiger partial charge in [-0.05, 0) is 48.5 Å². The van der Waals surface area contributed by atoms with Gasteiger partial charge in [0.05, 0.1) is 31.7 Å². The van der Waals surface area contributed by atoms with Gasteiger partial charge in [-0.25, -0.2) is 25.3 Å². The van der Waals surface area contributed by atoms with Crippen molar-refractivity contribution in [3.05, 3.63) is 115 Å². The highest BCUT2D eigenvalue weighted by Crippen LogP contribution is 2.43. The predicted octanol–water partition coefficient (Wildman–Crippen LogP) is 4.95. The summed E-state index contributed by atoms with van der Waals surface area (Å²) in [4.78, 5) is -0.217. The van der Waals surface area contributed by atoms with Crippen LogP contribution in [0.25, 0.3) is 10.8 Å². The van der Waals surface area contributed by atoms with Crippen molar-refractivity contribution in [2.75, 3.05) is 14.2 Å². The zero-order chi connectivity index (χ0) is 29.3. The Balaban J connectivity index is 1.70. The second-order valence-electron chi connectivity index (χ2n) is 8.80. The Hall–Kier alpha value is -4.59. The smallest absolute Gasteiger partial charge is 0.262 e. The van der Waals surface area contributed by atoms with E-state index in [4.69, 9.17) is 0 Å². The van der Waals surface area contributed by atoms with Gasteiger partial charge in [-0.1, -0.05) is 66.7 Å². The first kappa shape index (κ1) is 28.0.